The Bertz CT molecular complexity index is 3630. The molecule has 4 aromatic heterocycles. The van der Waals surface area contributed by atoms with Gasteiger partial charge in [0.05, 0.1) is 22.6 Å². The molecule has 5 nitrogen and oxygen atoms in total. The van der Waals surface area contributed by atoms with Crippen LogP contribution in [0, 0.1) is 0 Å². The zero-order chi connectivity index (χ0) is 41.0. The molecule has 0 saturated heterocycles. The normalized spacial score (nSPS) is 11.5. The van der Waals surface area contributed by atoms with E-state index in [9.17, 15) is 0 Å². The lowest BCUT2D eigenvalue weighted by atomic mass is 9.96. The van der Waals surface area contributed by atoms with E-state index in [1.807, 2.05) is 30.3 Å². The molecular weight excluding hydrogens is 757 g/mol. The maximum atomic E-state index is 6.27. The number of rotatable bonds is 7. The lowest BCUT2D eigenvalue weighted by Crippen LogP contribution is -1.97. The van der Waals surface area contributed by atoms with Gasteiger partial charge in [-0.2, -0.15) is 5.10 Å². The van der Waals surface area contributed by atoms with Gasteiger partial charge < -0.3 is 4.42 Å². The van der Waals surface area contributed by atoms with Crippen molar-refractivity contribution < 1.29 is 4.42 Å². The minimum atomic E-state index is 0.637. The summed E-state index contributed by atoms with van der Waals surface area (Å²) in [5, 5.41) is 10.0. The van der Waals surface area contributed by atoms with E-state index in [0.717, 1.165) is 111 Å². The third-order valence-corrected chi connectivity index (χ3v) is 11.8. The number of hydrogen-bond acceptors (Lipinski definition) is 4. The average molecular weight is 793 g/mol. The first-order chi connectivity index (χ1) is 30.7. The summed E-state index contributed by atoms with van der Waals surface area (Å²) in [5.41, 5.74) is 15.8. The number of aromatic nitrogens is 4. The summed E-state index contributed by atoms with van der Waals surface area (Å²) in [4.78, 5) is 10.5. The number of furan rings is 1. The molecule has 290 valence electrons. The zero-order valence-corrected chi connectivity index (χ0v) is 33.5. The van der Waals surface area contributed by atoms with Crippen LogP contribution >= 0.6 is 0 Å². The van der Waals surface area contributed by atoms with E-state index in [0.29, 0.717) is 5.82 Å². The molecule has 4 heterocycles. The van der Waals surface area contributed by atoms with E-state index in [1.54, 1.807) is 0 Å². The fraction of sp³-hybridized carbons (Fsp3) is 0. The number of nitrogens with zero attached hydrogens (tertiary/aromatic N) is 4. The van der Waals surface area contributed by atoms with E-state index in [4.69, 9.17) is 19.5 Å². The number of fused-ring (bicyclic) bond motifs is 6. The molecule has 0 bridgehead atoms. The molecule has 5 heteroatoms. The molecule has 8 aromatic carbocycles. The molecule has 0 aliphatic heterocycles. The van der Waals surface area contributed by atoms with E-state index >= 15 is 0 Å². The van der Waals surface area contributed by atoms with Gasteiger partial charge in [0.15, 0.2) is 5.82 Å². The van der Waals surface area contributed by atoms with Crippen molar-refractivity contribution in [3.63, 3.8) is 0 Å². The van der Waals surface area contributed by atoms with Crippen LogP contribution in [-0.2, 0) is 0 Å². The molecule has 62 heavy (non-hydrogen) atoms. The van der Waals surface area contributed by atoms with Crippen LogP contribution in [0.2, 0.25) is 0 Å². The Morgan fingerprint density at radius 3 is 1.71 bits per heavy atom. The Kier molecular flexibility index (Phi) is 8.42. The van der Waals surface area contributed by atoms with Crippen LogP contribution in [-0.4, -0.2) is 19.6 Å². The smallest absolute Gasteiger partial charge is 0.160 e. The zero-order valence-electron chi connectivity index (χ0n) is 33.5. The number of pyridine rings is 1. The molecule has 0 amide bonds. The highest BCUT2D eigenvalue weighted by molar-refractivity contribution is 6.09. The van der Waals surface area contributed by atoms with Crippen molar-refractivity contribution >= 4 is 38.2 Å². The van der Waals surface area contributed by atoms with Gasteiger partial charge >= 0.3 is 0 Å². The van der Waals surface area contributed by atoms with Gasteiger partial charge in [-0.15, -0.1) is 0 Å². The first kappa shape index (κ1) is 35.5. The Morgan fingerprint density at radius 2 is 0.919 bits per heavy atom. The Balaban J connectivity index is 1.03. The Hall–Kier alpha value is -8.41. The molecule has 0 radical (unpaired) electrons. The molecule has 0 atom stereocenters. The monoisotopic (exact) mass is 792 g/mol. The highest BCUT2D eigenvalue weighted by Gasteiger charge is 2.22. The van der Waals surface area contributed by atoms with Gasteiger partial charge in [0.2, 0.25) is 0 Å². The second-order valence-electron chi connectivity index (χ2n) is 15.6. The standard InChI is InChI=1S/C57H36N4O/c1-4-16-37(17-5-1)49-36-50(43-24-14-23-40(32-43)41-30-31-48-47-28-12-13-29-52(47)62-53(48)35-41)59-57(58-49)45-26-15-25-44(33-45)55-54(39-20-8-3-9-21-39)56-46-27-11-10-22-42(46)34-51(61(56)60-55)38-18-6-2-7-19-38/h1-36H. The molecule has 0 aliphatic rings. The Labute approximate surface area is 357 Å². The van der Waals surface area contributed by atoms with E-state index < -0.39 is 0 Å². The van der Waals surface area contributed by atoms with Gasteiger partial charge in [0.1, 0.15) is 16.9 Å². The molecular formula is C57H36N4O. The highest BCUT2D eigenvalue weighted by Crippen LogP contribution is 2.42. The maximum absolute atomic E-state index is 6.27. The van der Waals surface area contributed by atoms with Crippen molar-refractivity contribution in [1.82, 2.24) is 19.6 Å². The summed E-state index contributed by atoms with van der Waals surface area (Å²) in [6, 6.07) is 76.1. The van der Waals surface area contributed by atoms with Crippen molar-refractivity contribution in [3.05, 3.63) is 218 Å². The van der Waals surface area contributed by atoms with Crippen molar-refractivity contribution in [1.29, 1.82) is 0 Å². The molecule has 12 rings (SSSR count). The fourth-order valence-electron chi connectivity index (χ4n) is 8.83. The van der Waals surface area contributed by atoms with Gasteiger partial charge in [-0.1, -0.05) is 176 Å². The van der Waals surface area contributed by atoms with Crippen molar-refractivity contribution in [2.45, 2.75) is 0 Å². The summed E-state index contributed by atoms with van der Waals surface area (Å²) in [6.07, 6.45) is 0. The quantitative estimate of drug-likeness (QED) is 0.161. The van der Waals surface area contributed by atoms with Gasteiger partial charge in [-0.25, -0.2) is 14.5 Å². The van der Waals surface area contributed by atoms with Crippen LogP contribution in [0.1, 0.15) is 0 Å². The van der Waals surface area contributed by atoms with Crippen LogP contribution in [0.15, 0.2) is 223 Å². The van der Waals surface area contributed by atoms with Crippen molar-refractivity contribution in [2.75, 3.05) is 0 Å². The van der Waals surface area contributed by atoms with Crippen LogP contribution in [0.5, 0.6) is 0 Å². The number of benzene rings is 8. The third-order valence-electron chi connectivity index (χ3n) is 11.8. The van der Waals surface area contributed by atoms with Gasteiger partial charge in [0, 0.05) is 49.5 Å². The lowest BCUT2D eigenvalue weighted by molar-refractivity contribution is 0.669. The van der Waals surface area contributed by atoms with Gasteiger partial charge in [0.25, 0.3) is 0 Å². The molecule has 12 aromatic rings. The second kappa shape index (κ2) is 14.7. The lowest BCUT2D eigenvalue weighted by Gasteiger charge is -2.12. The summed E-state index contributed by atoms with van der Waals surface area (Å²) in [5.74, 6) is 0.637. The molecule has 0 unspecified atom stereocenters. The first-order valence-electron chi connectivity index (χ1n) is 20.8. The first-order valence-corrected chi connectivity index (χ1v) is 20.8. The summed E-state index contributed by atoms with van der Waals surface area (Å²) < 4.78 is 8.40. The van der Waals surface area contributed by atoms with Crippen LogP contribution < -0.4 is 0 Å². The van der Waals surface area contributed by atoms with Gasteiger partial charge in [-0.05, 0) is 64.5 Å². The largest absolute Gasteiger partial charge is 0.456 e. The van der Waals surface area contributed by atoms with Crippen LogP contribution in [0.4, 0.5) is 0 Å². The van der Waals surface area contributed by atoms with E-state index in [1.165, 1.54) is 0 Å². The summed E-state index contributed by atoms with van der Waals surface area (Å²) in [6.45, 7) is 0. The maximum Gasteiger partial charge on any atom is 0.160 e. The minimum absolute atomic E-state index is 0.637. The van der Waals surface area contributed by atoms with Crippen LogP contribution in [0.3, 0.4) is 0 Å². The number of para-hydroxylation sites is 1. The predicted molar refractivity (Wildman–Crippen MR) is 254 cm³/mol. The van der Waals surface area contributed by atoms with Crippen LogP contribution in [0.25, 0.3) is 117 Å². The molecule has 0 aliphatic carbocycles. The topological polar surface area (TPSA) is 56.2 Å². The minimum Gasteiger partial charge on any atom is -0.456 e. The fourth-order valence-corrected chi connectivity index (χ4v) is 8.83. The highest BCUT2D eigenvalue weighted by atomic mass is 16.3. The van der Waals surface area contributed by atoms with Crippen molar-refractivity contribution in [3.8, 4) is 78.7 Å². The van der Waals surface area contributed by atoms with E-state index in [-0.39, 0.29) is 0 Å². The Morgan fingerprint density at radius 1 is 0.355 bits per heavy atom. The molecule has 0 saturated carbocycles. The van der Waals surface area contributed by atoms with Crippen molar-refractivity contribution in [2.24, 2.45) is 0 Å². The molecule has 0 fully saturated rings. The SMILES string of the molecule is c1ccc(-c2cc(-c3cccc(-c4ccc5c(c4)oc4ccccc45)c3)nc(-c3cccc(-c4nn5c(-c6ccccc6)cc6ccccc6c5c4-c4ccccc4)c3)n2)cc1. The summed E-state index contributed by atoms with van der Waals surface area (Å²) >= 11 is 0. The van der Waals surface area contributed by atoms with E-state index in [2.05, 4.69) is 193 Å². The van der Waals surface area contributed by atoms with Gasteiger partial charge in [-0.3, -0.25) is 0 Å². The predicted octanol–water partition coefficient (Wildman–Crippen LogP) is 14.8. The average Bonchev–Trinajstić information content (AvgIpc) is 3.94. The molecule has 0 N–H and O–H groups in total. The second-order valence-corrected chi connectivity index (χ2v) is 15.6. The summed E-state index contributed by atoms with van der Waals surface area (Å²) in [7, 11) is 0. The third kappa shape index (κ3) is 6.14. The molecule has 0 spiro atoms. The number of hydrogen-bond donors (Lipinski definition) is 0.